The number of alkyl halides is 2. The number of oxazole rings is 1. The lowest BCUT2D eigenvalue weighted by atomic mass is 9.99. The molecule has 1 aliphatic heterocycles. The predicted octanol–water partition coefficient (Wildman–Crippen LogP) is 3.58. The number of halogens is 2. The molecule has 1 aliphatic rings. The molecule has 1 saturated heterocycles. The number of aromatic nitrogens is 5. The second-order valence-corrected chi connectivity index (χ2v) is 7.88. The van der Waals surface area contributed by atoms with Gasteiger partial charge in [0.2, 0.25) is 0 Å². The van der Waals surface area contributed by atoms with E-state index < -0.39 is 18.5 Å². The third-order valence-electron chi connectivity index (χ3n) is 5.66. The van der Waals surface area contributed by atoms with Crippen LogP contribution in [0.25, 0.3) is 16.8 Å². The molecule has 4 aromatic rings. The van der Waals surface area contributed by atoms with E-state index in [1.54, 1.807) is 17.1 Å². The second-order valence-electron chi connectivity index (χ2n) is 7.88. The average molecular weight is 439 g/mol. The molecule has 8 nitrogen and oxygen atoms in total. The molecule has 0 aliphatic carbocycles. The second kappa shape index (κ2) is 8.62. The van der Waals surface area contributed by atoms with Gasteiger partial charge in [-0.05, 0) is 31.0 Å². The molecule has 0 bridgehead atoms. The van der Waals surface area contributed by atoms with Crippen LogP contribution in [0, 0.1) is 0 Å². The molecule has 0 radical (unpaired) electrons. The Kier molecular flexibility index (Phi) is 5.52. The minimum absolute atomic E-state index is 0.289. The fourth-order valence-corrected chi connectivity index (χ4v) is 4.02. The van der Waals surface area contributed by atoms with Crippen molar-refractivity contribution in [2.24, 2.45) is 0 Å². The minimum atomic E-state index is -2.90. The van der Waals surface area contributed by atoms with Crippen molar-refractivity contribution >= 4 is 16.9 Å². The molecule has 10 heteroatoms. The molecular formula is C22H23F2N7O. The molecule has 166 valence electrons. The standard InChI is InChI=1S/C22H23F2N7O/c23-22(24,18-7-3-4-9-26-18)12-28-21-20-17(8-10-27-21)32-19(30-20)11-15-5-1-2-6-16(15)31-14-25-13-29-31/h1-2,5-6,8,10,13-14,18,26H,3-4,7,9,11-12H2,(H,27,28)/t18-/m1/s1. The van der Waals surface area contributed by atoms with Crippen LogP contribution < -0.4 is 10.6 Å². The van der Waals surface area contributed by atoms with Gasteiger partial charge in [0.05, 0.1) is 24.7 Å². The molecule has 0 unspecified atom stereocenters. The SMILES string of the molecule is FC(F)(CNc1nccc2oc(Cc3ccccc3-n3cncn3)nc12)[C@H]1CCCCN1. The van der Waals surface area contributed by atoms with Crippen LogP contribution in [-0.2, 0) is 6.42 Å². The Morgan fingerprint density at radius 2 is 2.12 bits per heavy atom. The fourth-order valence-electron chi connectivity index (χ4n) is 4.02. The van der Waals surface area contributed by atoms with Crippen LogP contribution >= 0.6 is 0 Å². The molecule has 32 heavy (non-hydrogen) atoms. The Bertz CT molecular complexity index is 1190. The highest BCUT2D eigenvalue weighted by atomic mass is 19.3. The third kappa shape index (κ3) is 4.18. The molecule has 5 rings (SSSR count). The van der Waals surface area contributed by atoms with Gasteiger partial charge in [0.1, 0.15) is 12.7 Å². The monoisotopic (exact) mass is 439 g/mol. The van der Waals surface area contributed by atoms with Crippen molar-refractivity contribution in [3.63, 3.8) is 0 Å². The number of rotatable bonds is 7. The van der Waals surface area contributed by atoms with Gasteiger partial charge in [0, 0.05) is 12.3 Å². The van der Waals surface area contributed by atoms with Crippen molar-refractivity contribution in [1.29, 1.82) is 0 Å². The summed E-state index contributed by atoms with van der Waals surface area (Å²) in [5, 5.41) is 9.90. The van der Waals surface area contributed by atoms with E-state index in [-0.39, 0.29) is 5.82 Å². The van der Waals surface area contributed by atoms with E-state index >= 15 is 0 Å². The van der Waals surface area contributed by atoms with Gasteiger partial charge in [-0.1, -0.05) is 24.6 Å². The van der Waals surface area contributed by atoms with E-state index in [1.165, 1.54) is 12.5 Å². The number of hydrogen-bond donors (Lipinski definition) is 2. The largest absolute Gasteiger partial charge is 0.440 e. The number of fused-ring (bicyclic) bond motifs is 1. The molecule has 0 saturated carbocycles. The Labute approximate surface area is 183 Å². The van der Waals surface area contributed by atoms with Crippen LogP contribution in [0.3, 0.4) is 0 Å². The first-order valence-electron chi connectivity index (χ1n) is 10.6. The zero-order valence-electron chi connectivity index (χ0n) is 17.3. The molecule has 1 atom stereocenters. The highest BCUT2D eigenvalue weighted by Crippen LogP contribution is 2.28. The van der Waals surface area contributed by atoms with Crippen molar-refractivity contribution in [2.75, 3.05) is 18.4 Å². The first kappa shape index (κ1) is 20.5. The van der Waals surface area contributed by atoms with Crippen LogP contribution in [0.4, 0.5) is 14.6 Å². The van der Waals surface area contributed by atoms with Crippen LogP contribution in [0.2, 0.25) is 0 Å². The quantitative estimate of drug-likeness (QED) is 0.455. The number of nitrogens with one attached hydrogen (secondary N) is 2. The summed E-state index contributed by atoms with van der Waals surface area (Å²) in [6, 6.07) is 8.59. The Hall–Kier alpha value is -3.40. The zero-order valence-corrected chi connectivity index (χ0v) is 17.3. The smallest absolute Gasteiger partial charge is 0.279 e. The summed E-state index contributed by atoms with van der Waals surface area (Å²) in [5.41, 5.74) is 2.74. The molecule has 2 N–H and O–H groups in total. The highest BCUT2D eigenvalue weighted by Gasteiger charge is 2.40. The number of hydrogen-bond acceptors (Lipinski definition) is 7. The highest BCUT2D eigenvalue weighted by molar-refractivity contribution is 5.84. The zero-order chi connectivity index (χ0) is 22.0. The van der Waals surface area contributed by atoms with Crippen molar-refractivity contribution < 1.29 is 13.2 Å². The molecular weight excluding hydrogens is 416 g/mol. The van der Waals surface area contributed by atoms with Crippen molar-refractivity contribution in [1.82, 2.24) is 30.0 Å². The van der Waals surface area contributed by atoms with Gasteiger partial charge >= 0.3 is 0 Å². The Morgan fingerprint density at radius 1 is 1.22 bits per heavy atom. The average Bonchev–Trinajstić information content (AvgIpc) is 3.49. The third-order valence-corrected chi connectivity index (χ3v) is 5.66. The first-order valence-corrected chi connectivity index (χ1v) is 10.6. The number of anilines is 1. The summed E-state index contributed by atoms with van der Waals surface area (Å²) in [4.78, 5) is 12.8. The van der Waals surface area contributed by atoms with Crippen molar-refractivity contribution in [3.05, 3.63) is 60.6 Å². The van der Waals surface area contributed by atoms with Gasteiger partial charge in [0.25, 0.3) is 5.92 Å². The molecule has 0 spiro atoms. The topological polar surface area (TPSA) is 93.7 Å². The lowest BCUT2D eigenvalue weighted by Crippen LogP contribution is -2.51. The maximum Gasteiger partial charge on any atom is 0.279 e. The molecule has 1 fully saturated rings. The van der Waals surface area contributed by atoms with Gasteiger partial charge in [-0.3, -0.25) is 0 Å². The van der Waals surface area contributed by atoms with Crippen LogP contribution in [0.1, 0.15) is 30.7 Å². The summed E-state index contributed by atoms with van der Waals surface area (Å²) in [6.07, 6.45) is 7.24. The van der Waals surface area contributed by atoms with Gasteiger partial charge in [0.15, 0.2) is 22.8 Å². The van der Waals surface area contributed by atoms with Crippen molar-refractivity contribution in [3.8, 4) is 5.69 Å². The van der Waals surface area contributed by atoms with Crippen LogP contribution in [-0.4, -0.2) is 49.8 Å². The number of pyridine rings is 1. The van der Waals surface area contributed by atoms with E-state index in [1.807, 2.05) is 24.3 Å². The van der Waals surface area contributed by atoms with Crippen molar-refractivity contribution in [2.45, 2.75) is 37.6 Å². The molecule has 1 aromatic carbocycles. The van der Waals surface area contributed by atoms with E-state index in [2.05, 4.69) is 30.7 Å². The Morgan fingerprint density at radius 3 is 2.94 bits per heavy atom. The fraction of sp³-hybridized carbons (Fsp3) is 0.364. The Balaban J connectivity index is 1.36. The number of para-hydroxylation sites is 1. The molecule has 3 aromatic heterocycles. The summed E-state index contributed by atoms with van der Waals surface area (Å²) in [6.45, 7) is 0.102. The summed E-state index contributed by atoms with van der Waals surface area (Å²) in [5.74, 6) is -2.14. The number of nitrogens with zero attached hydrogens (tertiary/aromatic N) is 5. The lowest BCUT2D eigenvalue weighted by molar-refractivity contribution is -0.0319. The summed E-state index contributed by atoms with van der Waals surface area (Å²) < 4.78 is 36.9. The van der Waals surface area contributed by atoms with Gasteiger partial charge in [-0.15, -0.1) is 0 Å². The summed E-state index contributed by atoms with van der Waals surface area (Å²) >= 11 is 0. The molecule has 0 amide bonds. The van der Waals surface area contributed by atoms with E-state index in [0.29, 0.717) is 36.4 Å². The maximum absolute atomic E-state index is 14.7. The number of piperidine rings is 1. The van der Waals surface area contributed by atoms with E-state index in [9.17, 15) is 8.78 Å². The lowest BCUT2D eigenvalue weighted by Gasteiger charge is -2.31. The number of benzene rings is 1. The van der Waals surface area contributed by atoms with E-state index in [4.69, 9.17) is 4.42 Å². The normalized spacial score (nSPS) is 17.0. The van der Waals surface area contributed by atoms with Crippen LogP contribution in [0.5, 0.6) is 0 Å². The first-order chi connectivity index (χ1) is 15.6. The minimum Gasteiger partial charge on any atom is -0.440 e. The van der Waals surface area contributed by atoms with Gasteiger partial charge < -0.3 is 15.1 Å². The predicted molar refractivity (Wildman–Crippen MR) is 115 cm³/mol. The van der Waals surface area contributed by atoms with Crippen LogP contribution in [0.15, 0.2) is 53.6 Å². The maximum atomic E-state index is 14.7. The van der Waals surface area contributed by atoms with Gasteiger partial charge in [-0.2, -0.15) is 5.10 Å². The summed E-state index contributed by atoms with van der Waals surface area (Å²) in [7, 11) is 0. The van der Waals surface area contributed by atoms with E-state index in [0.717, 1.165) is 24.1 Å². The van der Waals surface area contributed by atoms with Gasteiger partial charge in [-0.25, -0.2) is 28.4 Å². The molecule has 4 heterocycles.